The fourth-order valence-electron chi connectivity index (χ4n) is 2.95. The predicted molar refractivity (Wildman–Crippen MR) is 81.1 cm³/mol. The summed E-state index contributed by atoms with van der Waals surface area (Å²) in [7, 11) is 0. The van der Waals surface area contributed by atoms with E-state index < -0.39 is 11.5 Å². The summed E-state index contributed by atoms with van der Waals surface area (Å²) in [5.74, 6) is -0.208. The number of likely N-dealkylation sites (tertiary alicyclic amines) is 1. The molecular formula is C17H25NO2. The van der Waals surface area contributed by atoms with Crippen LogP contribution in [0.5, 0.6) is 0 Å². The molecule has 1 atom stereocenters. The van der Waals surface area contributed by atoms with Gasteiger partial charge in [-0.25, -0.2) is 0 Å². The van der Waals surface area contributed by atoms with E-state index in [9.17, 15) is 9.90 Å². The maximum Gasteiger partial charge on any atom is 0.324 e. The minimum atomic E-state index is -0.782. The summed E-state index contributed by atoms with van der Waals surface area (Å²) in [5.41, 5.74) is 1.62. The van der Waals surface area contributed by atoms with Gasteiger partial charge in [-0.2, -0.15) is 0 Å². The van der Waals surface area contributed by atoms with Crippen molar-refractivity contribution in [2.24, 2.45) is 0 Å². The number of nitrogens with zero attached hydrogens (tertiary/aromatic N) is 1. The standard InChI is InChI=1S/C17H25NO2/c1-13(2)15-8-6-14(7-9-15)12-17(3,16(19)20)18-10-4-5-11-18/h6-9,13H,4-5,10-12H2,1-3H3,(H,19,20). The Hall–Kier alpha value is -1.35. The first-order chi connectivity index (χ1) is 9.43. The van der Waals surface area contributed by atoms with Gasteiger partial charge in [0.05, 0.1) is 0 Å². The molecule has 1 aliphatic rings. The lowest BCUT2D eigenvalue weighted by Crippen LogP contribution is -2.52. The molecule has 110 valence electrons. The lowest BCUT2D eigenvalue weighted by atomic mass is 9.90. The van der Waals surface area contributed by atoms with E-state index in [0.29, 0.717) is 12.3 Å². The topological polar surface area (TPSA) is 40.5 Å². The Morgan fingerprint density at radius 1 is 1.25 bits per heavy atom. The van der Waals surface area contributed by atoms with Gasteiger partial charge in [-0.05, 0) is 49.9 Å². The first kappa shape index (κ1) is 15.0. The van der Waals surface area contributed by atoms with Crippen LogP contribution in [0.4, 0.5) is 0 Å². The molecule has 0 aliphatic carbocycles. The molecule has 1 fully saturated rings. The van der Waals surface area contributed by atoms with Crippen molar-refractivity contribution in [3.8, 4) is 0 Å². The summed E-state index contributed by atoms with van der Waals surface area (Å²) in [5, 5.41) is 9.66. The van der Waals surface area contributed by atoms with Crippen LogP contribution < -0.4 is 0 Å². The van der Waals surface area contributed by atoms with Crippen molar-refractivity contribution in [2.75, 3.05) is 13.1 Å². The van der Waals surface area contributed by atoms with E-state index in [1.807, 2.05) is 6.92 Å². The van der Waals surface area contributed by atoms with Gasteiger partial charge in [0.1, 0.15) is 5.54 Å². The third kappa shape index (κ3) is 3.04. The maximum absolute atomic E-state index is 11.7. The Bertz CT molecular complexity index is 460. The van der Waals surface area contributed by atoms with Gasteiger partial charge in [0.15, 0.2) is 0 Å². The van der Waals surface area contributed by atoms with E-state index in [2.05, 4.69) is 43.0 Å². The lowest BCUT2D eigenvalue weighted by Gasteiger charge is -2.35. The summed E-state index contributed by atoms with van der Waals surface area (Å²) in [6, 6.07) is 8.39. The van der Waals surface area contributed by atoms with Gasteiger partial charge >= 0.3 is 5.97 Å². The van der Waals surface area contributed by atoms with Gasteiger partial charge in [0.2, 0.25) is 0 Å². The average Bonchev–Trinajstić information content (AvgIpc) is 2.93. The Balaban J connectivity index is 2.17. The van der Waals surface area contributed by atoms with E-state index in [-0.39, 0.29) is 0 Å². The third-order valence-corrected chi connectivity index (χ3v) is 4.46. The van der Waals surface area contributed by atoms with Crippen molar-refractivity contribution >= 4 is 5.97 Å². The molecule has 20 heavy (non-hydrogen) atoms. The van der Waals surface area contributed by atoms with Gasteiger partial charge in [0, 0.05) is 6.42 Å². The molecule has 3 nitrogen and oxygen atoms in total. The van der Waals surface area contributed by atoms with E-state index in [0.717, 1.165) is 31.5 Å². The molecule has 2 rings (SSSR count). The van der Waals surface area contributed by atoms with Crippen LogP contribution in [0.2, 0.25) is 0 Å². The Morgan fingerprint density at radius 2 is 1.80 bits per heavy atom. The SMILES string of the molecule is CC(C)c1ccc(CC(C)(C(=O)O)N2CCCC2)cc1. The zero-order chi connectivity index (χ0) is 14.8. The molecule has 0 bridgehead atoms. The van der Waals surface area contributed by atoms with Crippen LogP contribution >= 0.6 is 0 Å². The van der Waals surface area contributed by atoms with E-state index in [1.165, 1.54) is 5.56 Å². The highest BCUT2D eigenvalue weighted by atomic mass is 16.4. The number of aliphatic carboxylic acids is 1. The fraction of sp³-hybridized carbons (Fsp3) is 0.588. The van der Waals surface area contributed by atoms with Crippen LogP contribution in [0, 0.1) is 0 Å². The molecule has 1 aromatic carbocycles. The van der Waals surface area contributed by atoms with Crippen molar-refractivity contribution in [1.82, 2.24) is 4.90 Å². The number of hydrogen-bond acceptors (Lipinski definition) is 2. The maximum atomic E-state index is 11.7. The van der Waals surface area contributed by atoms with Gasteiger partial charge < -0.3 is 5.11 Å². The second-order valence-electron chi connectivity index (χ2n) is 6.35. The predicted octanol–water partition coefficient (Wildman–Crippen LogP) is 3.29. The summed E-state index contributed by atoms with van der Waals surface area (Å²) >= 11 is 0. The van der Waals surface area contributed by atoms with Crippen molar-refractivity contribution in [1.29, 1.82) is 0 Å². The molecule has 1 heterocycles. The zero-order valence-corrected chi connectivity index (χ0v) is 12.7. The Labute approximate surface area is 121 Å². The molecule has 0 radical (unpaired) electrons. The molecule has 1 aliphatic heterocycles. The minimum absolute atomic E-state index is 0.508. The normalized spacial score (nSPS) is 19.2. The minimum Gasteiger partial charge on any atom is -0.480 e. The summed E-state index contributed by atoms with van der Waals surface area (Å²) in [6.07, 6.45) is 2.78. The second kappa shape index (κ2) is 5.96. The molecule has 0 aromatic heterocycles. The highest BCUT2D eigenvalue weighted by Crippen LogP contribution is 2.26. The van der Waals surface area contributed by atoms with Gasteiger partial charge in [0.25, 0.3) is 0 Å². The van der Waals surface area contributed by atoms with Crippen LogP contribution in [0.15, 0.2) is 24.3 Å². The smallest absolute Gasteiger partial charge is 0.324 e. The highest BCUT2D eigenvalue weighted by Gasteiger charge is 2.40. The molecule has 1 N–H and O–H groups in total. The van der Waals surface area contributed by atoms with Crippen LogP contribution in [0.25, 0.3) is 0 Å². The van der Waals surface area contributed by atoms with E-state index in [1.54, 1.807) is 0 Å². The molecule has 3 heteroatoms. The summed E-state index contributed by atoms with van der Waals surface area (Å²) in [6.45, 7) is 7.98. The van der Waals surface area contributed by atoms with Crippen molar-refractivity contribution in [3.05, 3.63) is 35.4 Å². The average molecular weight is 275 g/mol. The Morgan fingerprint density at radius 3 is 2.25 bits per heavy atom. The molecular weight excluding hydrogens is 250 g/mol. The molecule has 0 saturated carbocycles. The molecule has 0 amide bonds. The summed E-state index contributed by atoms with van der Waals surface area (Å²) in [4.78, 5) is 13.9. The first-order valence-corrected chi connectivity index (χ1v) is 7.51. The van der Waals surface area contributed by atoms with Crippen LogP contribution in [0.1, 0.15) is 50.7 Å². The molecule has 1 unspecified atom stereocenters. The summed E-state index contributed by atoms with van der Waals surface area (Å²) < 4.78 is 0. The first-order valence-electron chi connectivity index (χ1n) is 7.51. The van der Waals surface area contributed by atoms with Crippen molar-refractivity contribution in [2.45, 2.75) is 51.5 Å². The highest BCUT2D eigenvalue weighted by molar-refractivity contribution is 5.78. The van der Waals surface area contributed by atoms with Crippen LogP contribution in [-0.4, -0.2) is 34.6 Å². The largest absolute Gasteiger partial charge is 0.480 e. The molecule has 1 saturated heterocycles. The van der Waals surface area contributed by atoms with Gasteiger partial charge in [-0.1, -0.05) is 38.1 Å². The lowest BCUT2D eigenvalue weighted by molar-refractivity contribution is -0.149. The third-order valence-electron chi connectivity index (χ3n) is 4.46. The second-order valence-corrected chi connectivity index (χ2v) is 6.35. The number of carbonyl (C=O) groups is 1. The van der Waals surface area contributed by atoms with E-state index >= 15 is 0 Å². The van der Waals surface area contributed by atoms with Gasteiger partial charge in [-0.3, -0.25) is 9.69 Å². The van der Waals surface area contributed by atoms with Crippen molar-refractivity contribution in [3.63, 3.8) is 0 Å². The van der Waals surface area contributed by atoms with Crippen LogP contribution in [-0.2, 0) is 11.2 Å². The number of rotatable bonds is 5. The fourth-order valence-corrected chi connectivity index (χ4v) is 2.95. The van der Waals surface area contributed by atoms with Gasteiger partial charge in [-0.15, -0.1) is 0 Å². The quantitative estimate of drug-likeness (QED) is 0.896. The van der Waals surface area contributed by atoms with Crippen molar-refractivity contribution < 1.29 is 9.90 Å². The van der Waals surface area contributed by atoms with E-state index in [4.69, 9.17) is 0 Å². The monoisotopic (exact) mass is 275 g/mol. The number of carboxylic acid groups (broad SMARTS) is 1. The number of carboxylic acids is 1. The number of hydrogen-bond donors (Lipinski definition) is 1. The number of benzene rings is 1. The Kier molecular flexibility index (Phi) is 4.48. The van der Waals surface area contributed by atoms with Crippen LogP contribution in [0.3, 0.4) is 0 Å². The molecule has 1 aromatic rings. The zero-order valence-electron chi connectivity index (χ0n) is 12.7. The molecule has 0 spiro atoms.